The SMILES string of the molecule is CCc1cccc(CC)c1-n1c(CC(C)C)c(C(=O)N2CCNC(=O)C2)cc(-c2nc(-c3ccc(Cl)cc3)cs2)c1=O. The summed E-state index contributed by atoms with van der Waals surface area (Å²) in [6, 6.07) is 15.2. The first-order valence-corrected chi connectivity index (χ1v) is 15.6. The van der Waals surface area contributed by atoms with Crippen molar-refractivity contribution in [3.63, 3.8) is 0 Å². The fourth-order valence-electron chi connectivity index (χ4n) is 5.45. The summed E-state index contributed by atoms with van der Waals surface area (Å²) < 4.78 is 1.77. The summed E-state index contributed by atoms with van der Waals surface area (Å²) in [5.74, 6) is -0.268. The Kier molecular flexibility index (Phi) is 8.94. The van der Waals surface area contributed by atoms with E-state index in [9.17, 15) is 14.4 Å². The molecule has 7 nitrogen and oxygen atoms in total. The van der Waals surface area contributed by atoms with Crippen molar-refractivity contribution in [3.8, 4) is 27.5 Å². The van der Waals surface area contributed by atoms with Crippen LogP contribution in [0.4, 0.5) is 0 Å². The highest BCUT2D eigenvalue weighted by Gasteiger charge is 2.29. The molecular formula is C33H35ClN4O3S. The molecule has 9 heteroatoms. The Bertz CT molecular complexity index is 1670. The maximum atomic E-state index is 14.6. The molecule has 218 valence electrons. The quantitative estimate of drug-likeness (QED) is 0.261. The molecule has 1 N–H and O–H groups in total. The highest BCUT2D eigenvalue weighted by atomic mass is 35.5. The monoisotopic (exact) mass is 602 g/mol. The van der Waals surface area contributed by atoms with Crippen LogP contribution in [0.1, 0.15) is 54.9 Å². The lowest BCUT2D eigenvalue weighted by Crippen LogP contribution is -2.50. The number of carbonyl (C=O) groups is 2. The van der Waals surface area contributed by atoms with Gasteiger partial charge in [0.2, 0.25) is 5.91 Å². The number of halogens is 1. The molecule has 1 aliphatic rings. The Morgan fingerprint density at radius 3 is 2.38 bits per heavy atom. The van der Waals surface area contributed by atoms with E-state index in [0.29, 0.717) is 46.4 Å². The molecular weight excluding hydrogens is 568 g/mol. The minimum atomic E-state index is -0.253. The Balaban J connectivity index is 1.80. The van der Waals surface area contributed by atoms with E-state index in [1.54, 1.807) is 15.5 Å². The molecule has 0 aliphatic carbocycles. The highest BCUT2D eigenvalue weighted by molar-refractivity contribution is 7.13. The molecule has 0 radical (unpaired) electrons. The van der Waals surface area contributed by atoms with Crippen LogP contribution in [-0.4, -0.2) is 45.9 Å². The topological polar surface area (TPSA) is 84.3 Å². The van der Waals surface area contributed by atoms with Crippen LogP contribution in [0.5, 0.6) is 0 Å². The molecule has 5 rings (SSSR count). The number of rotatable bonds is 8. The first-order valence-electron chi connectivity index (χ1n) is 14.4. The predicted molar refractivity (Wildman–Crippen MR) is 170 cm³/mol. The van der Waals surface area contributed by atoms with Crippen LogP contribution in [0.25, 0.3) is 27.5 Å². The first kappa shape index (κ1) is 29.7. The van der Waals surface area contributed by atoms with E-state index >= 15 is 0 Å². The number of carbonyl (C=O) groups excluding carboxylic acids is 2. The van der Waals surface area contributed by atoms with E-state index in [4.69, 9.17) is 16.6 Å². The van der Waals surface area contributed by atoms with Crippen LogP contribution in [0.3, 0.4) is 0 Å². The summed E-state index contributed by atoms with van der Waals surface area (Å²) in [4.78, 5) is 47.5. The molecule has 3 heterocycles. The molecule has 2 aromatic heterocycles. The fourth-order valence-corrected chi connectivity index (χ4v) is 6.41. The Morgan fingerprint density at radius 2 is 1.76 bits per heavy atom. The van der Waals surface area contributed by atoms with E-state index in [0.717, 1.165) is 40.9 Å². The molecule has 4 aromatic rings. The number of nitrogens with one attached hydrogen (secondary N) is 1. The van der Waals surface area contributed by atoms with Gasteiger partial charge in [0.05, 0.1) is 29.1 Å². The van der Waals surface area contributed by atoms with Crippen LogP contribution in [0.15, 0.2) is 58.7 Å². The van der Waals surface area contributed by atoms with Gasteiger partial charge in [-0.25, -0.2) is 4.98 Å². The van der Waals surface area contributed by atoms with E-state index in [2.05, 4.69) is 33.0 Å². The molecule has 1 fully saturated rings. The van der Waals surface area contributed by atoms with Crippen LogP contribution in [0, 0.1) is 5.92 Å². The molecule has 0 bridgehead atoms. The maximum Gasteiger partial charge on any atom is 0.265 e. The molecule has 0 unspecified atom stereocenters. The van der Waals surface area contributed by atoms with Crippen molar-refractivity contribution < 1.29 is 9.59 Å². The Labute approximate surface area is 255 Å². The third-order valence-electron chi connectivity index (χ3n) is 7.52. The number of hydrogen-bond acceptors (Lipinski definition) is 5. The van der Waals surface area contributed by atoms with Crippen molar-refractivity contribution in [2.45, 2.75) is 47.0 Å². The Morgan fingerprint density at radius 1 is 1.07 bits per heavy atom. The number of pyridine rings is 1. The lowest BCUT2D eigenvalue weighted by atomic mass is 9.97. The molecule has 1 aliphatic heterocycles. The number of para-hydroxylation sites is 1. The number of aryl methyl sites for hydroxylation is 2. The smallest absolute Gasteiger partial charge is 0.265 e. The van der Waals surface area contributed by atoms with Gasteiger partial charge >= 0.3 is 0 Å². The number of nitrogens with zero attached hydrogens (tertiary/aromatic N) is 3. The maximum absolute atomic E-state index is 14.6. The summed E-state index contributed by atoms with van der Waals surface area (Å²) in [7, 11) is 0. The van der Waals surface area contributed by atoms with Crippen molar-refractivity contribution >= 4 is 34.8 Å². The van der Waals surface area contributed by atoms with Gasteiger partial charge in [0, 0.05) is 34.7 Å². The third-order valence-corrected chi connectivity index (χ3v) is 8.65. The molecule has 1 saturated heterocycles. The van der Waals surface area contributed by atoms with Gasteiger partial charge < -0.3 is 10.2 Å². The lowest BCUT2D eigenvalue weighted by Gasteiger charge is -2.29. The van der Waals surface area contributed by atoms with Gasteiger partial charge in [-0.05, 0) is 54.5 Å². The van der Waals surface area contributed by atoms with Crippen LogP contribution in [-0.2, 0) is 24.1 Å². The molecule has 0 spiro atoms. The normalized spacial score (nSPS) is 13.5. The van der Waals surface area contributed by atoms with E-state index in [1.165, 1.54) is 11.3 Å². The van der Waals surface area contributed by atoms with Gasteiger partial charge in [-0.3, -0.25) is 19.0 Å². The zero-order valence-electron chi connectivity index (χ0n) is 24.4. The summed E-state index contributed by atoms with van der Waals surface area (Å²) >= 11 is 7.46. The average molecular weight is 603 g/mol. The van der Waals surface area contributed by atoms with Gasteiger partial charge in [-0.15, -0.1) is 11.3 Å². The van der Waals surface area contributed by atoms with Crippen molar-refractivity contribution in [2.75, 3.05) is 19.6 Å². The van der Waals surface area contributed by atoms with E-state index in [-0.39, 0.29) is 29.8 Å². The van der Waals surface area contributed by atoms with Gasteiger partial charge in [0.1, 0.15) is 5.01 Å². The number of thiazole rings is 1. The Hall–Kier alpha value is -3.75. The molecule has 2 aromatic carbocycles. The fraction of sp³-hybridized carbons (Fsp3) is 0.333. The number of amides is 2. The lowest BCUT2D eigenvalue weighted by molar-refractivity contribution is -0.123. The minimum Gasteiger partial charge on any atom is -0.353 e. The summed E-state index contributed by atoms with van der Waals surface area (Å²) in [6.45, 7) is 9.10. The van der Waals surface area contributed by atoms with Crippen LogP contribution < -0.4 is 10.9 Å². The average Bonchev–Trinajstić information content (AvgIpc) is 3.47. The minimum absolute atomic E-state index is 0.0157. The largest absolute Gasteiger partial charge is 0.353 e. The zero-order chi connectivity index (χ0) is 30.0. The summed E-state index contributed by atoms with van der Waals surface area (Å²) in [6.07, 6.45) is 1.98. The van der Waals surface area contributed by atoms with Gasteiger partial charge in [0.25, 0.3) is 11.5 Å². The second-order valence-electron chi connectivity index (χ2n) is 10.9. The van der Waals surface area contributed by atoms with Crippen molar-refractivity contribution in [3.05, 3.63) is 91.7 Å². The second kappa shape index (κ2) is 12.6. The number of benzene rings is 2. The molecule has 42 heavy (non-hydrogen) atoms. The van der Waals surface area contributed by atoms with E-state index in [1.807, 2.05) is 47.8 Å². The van der Waals surface area contributed by atoms with Crippen LogP contribution >= 0.6 is 22.9 Å². The van der Waals surface area contributed by atoms with Crippen LogP contribution in [0.2, 0.25) is 5.02 Å². The predicted octanol–water partition coefficient (Wildman–Crippen LogP) is 6.18. The third kappa shape index (κ3) is 5.92. The first-order chi connectivity index (χ1) is 20.2. The second-order valence-corrected chi connectivity index (χ2v) is 12.2. The number of piperazine rings is 1. The molecule has 0 atom stereocenters. The number of hydrogen-bond donors (Lipinski definition) is 1. The molecule has 0 saturated carbocycles. The zero-order valence-corrected chi connectivity index (χ0v) is 25.9. The molecule has 2 amide bonds. The standard InChI is InChI=1S/C33H35ClN4O3S/c1-5-21-8-7-9-22(6-2)30(21)38-28(16-20(3)4)25(32(40)37-15-14-35-29(39)18-37)17-26(33(38)41)31-36-27(19-42-31)23-10-12-24(34)13-11-23/h7-13,17,19-20H,5-6,14-16,18H2,1-4H3,(H,35,39). The van der Waals surface area contributed by atoms with Crippen molar-refractivity contribution in [1.29, 1.82) is 0 Å². The van der Waals surface area contributed by atoms with Crippen molar-refractivity contribution in [1.82, 2.24) is 19.8 Å². The van der Waals surface area contributed by atoms with E-state index < -0.39 is 0 Å². The highest BCUT2D eigenvalue weighted by Crippen LogP contribution is 2.32. The summed E-state index contributed by atoms with van der Waals surface area (Å²) in [5, 5.41) is 5.88. The van der Waals surface area contributed by atoms with Gasteiger partial charge in [0.15, 0.2) is 0 Å². The summed E-state index contributed by atoms with van der Waals surface area (Å²) in [5.41, 5.74) is 5.79. The van der Waals surface area contributed by atoms with Crippen molar-refractivity contribution in [2.24, 2.45) is 5.92 Å². The van der Waals surface area contributed by atoms with Gasteiger partial charge in [-0.1, -0.05) is 69.6 Å². The van der Waals surface area contributed by atoms with Gasteiger partial charge in [-0.2, -0.15) is 0 Å². The number of aromatic nitrogens is 2.